The minimum atomic E-state index is -0.795. The number of aliphatic hydroxyl groups is 1. The van der Waals surface area contributed by atoms with Crippen LogP contribution in [-0.2, 0) is 28.8 Å². The molecule has 1 atom stereocenters. The number of phenols is 1. The molecule has 1 fully saturated rings. The van der Waals surface area contributed by atoms with Gasteiger partial charge in [0.1, 0.15) is 22.9 Å². The van der Waals surface area contributed by atoms with Crippen molar-refractivity contribution in [2.75, 3.05) is 6.61 Å². The first-order chi connectivity index (χ1) is 18.7. The second kappa shape index (κ2) is 10.9. The lowest BCUT2D eigenvalue weighted by atomic mass is 9.76. The molecule has 0 bridgehead atoms. The number of hydrogen-bond donors (Lipinski definition) is 2. The van der Waals surface area contributed by atoms with Crippen LogP contribution in [0.25, 0.3) is 5.78 Å². The van der Waals surface area contributed by atoms with Crippen LogP contribution in [-0.4, -0.2) is 48.0 Å². The SMILES string of the molecule is CCOc1cc(O)c(CC)cc1CCC1(C2CCCC2)CC(O)=C(Cc2nc3nc(C)cc(C)n3n2)C(=O)O1. The van der Waals surface area contributed by atoms with Crippen LogP contribution in [0.5, 0.6) is 11.5 Å². The molecule has 0 amide bonds. The van der Waals surface area contributed by atoms with Gasteiger partial charge >= 0.3 is 5.97 Å². The van der Waals surface area contributed by atoms with Crippen molar-refractivity contribution in [3.63, 3.8) is 0 Å². The molecule has 3 heterocycles. The van der Waals surface area contributed by atoms with Crippen LogP contribution < -0.4 is 4.74 Å². The third-order valence-electron chi connectivity index (χ3n) is 8.21. The largest absolute Gasteiger partial charge is 0.512 e. The number of fused-ring (bicyclic) bond motifs is 1. The first-order valence-corrected chi connectivity index (χ1v) is 14.0. The Hall–Kier alpha value is -3.62. The number of ether oxygens (including phenoxy) is 2. The predicted octanol–water partition coefficient (Wildman–Crippen LogP) is 5.27. The van der Waals surface area contributed by atoms with Gasteiger partial charge < -0.3 is 19.7 Å². The third kappa shape index (κ3) is 5.31. The topological polar surface area (TPSA) is 119 Å². The average molecular weight is 535 g/mol. The number of phenolic OH excluding ortho intramolecular Hbond substituents is 1. The van der Waals surface area contributed by atoms with Gasteiger partial charge in [-0.2, -0.15) is 4.98 Å². The summed E-state index contributed by atoms with van der Waals surface area (Å²) < 4.78 is 13.8. The van der Waals surface area contributed by atoms with E-state index in [1.807, 2.05) is 39.8 Å². The van der Waals surface area contributed by atoms with Crippen molar-refractivity contribution >= 4 is 11.7 Å². The Kier molecular flexibility index (Phi) is 7.51. The zero-order valence-corrected chi connectivity index (χ0v) is 23.3. The molecule has 1 aromatic carbocycles. The Labute approximate surface area is 228 Å². The Morgan fingerprint density at radius 3 is 2.56 bits per heavy atom. The molecule has 3 aromatic rings. The molecular weight excluding hydrogens is 496 g/mol. The zero-order valence-electron chi connectivity index (χ0n) is 23.3. The van der Waals surface area contributed by atoms with Crippen molar-refractivity contribution in [2.45, 2.75) is 91.1 Å². The highest BCUT2D eigenvalue weighted by Crippen LogP contribution is 2.46. The molecule has 9 heteroatoms. The number of esters is 1. The van der Waals surface area contributed by atoms with Gasteiger partial charge in [0.15, 0.2) is 5.82 Å². The number of benzene rings is 1. The Bertz CT molecular complexity index is 1420. The van der Waals surface area contributed by atoms with E-state index in [-0.39, 0.29) is 35.8 Å². The molecular formula is C30H38N4O5. The van der Waals surface area contributed by atoms with Crippen LogP contribution in [0.15, 0.2) is 29.5 Å². The maximum absolute atomic E-state index is 13.5. The minimum absolute atomic E-state index is 0.0582. The van der Waals surface area contributed by atoms with E-state index < -0.39 is 11.6 Å². The molecule has 1 unspecified atom stereocenters. The highest BCUT2D eigenvalue weighted by Gasteiger charge is 2.48. The number of cyclic esters (lactones) is 1. The van der Waals surface area contributed by atoms with E-state index in [9.17, 15) is 15.0 Å². The van der Waals surface area contributed by atoms with Gasteiger partial charge in [0, 0.05) is 30.3 Å². The Morgan fingerprint density at radius 2 is 1.87 bits per heavy atom. The summed E-state index contributed by atoms with van der Waals surface area (Å²) in [6, 6.07) is 5.59. The van der Waals surface area contributed by atoms with Crippen LogP contribution >= 0.6 is 0 Å². The molecule has 1 aliphatic heterocycles. The average Bonchev–Trinajstić information content (AvgIpc) is 3.57. The fourth-order valence-electron chi connectivity index (χ4n) is 6.21. The summed E-state index contributed by atoms with van der Waals surface area (Å²) in [5.74, 6) is 1.49. The quantitative estimate of drug-likeness (QED) is 0.356. The summed E-state index contributed by atoms with van der Waals surface area (Å²) in [5, 5.41) is 26.2. The third-order valence-corrected chi connectivity index (χ3v) is 8.21. The van der Waals surface area contributed by atoms with Crippen LogP contribution in [0.3, 0.4) is 0 Å². The van der Waals surface area contributed by atoms with Gasteiger partial charge in [-0.15, -0.1) is 5.10 Å². The van der Waals surface area contributed by atoms with E-state index >= 15 is 0 Å². The number of hydrogen-bond acceptors (Lipinski definition) is 8. The second-order valence-corrected chi connectivity index (χ2v) is 10.9. The summed E-state index contributed by atoms with van der Waals surface area (Å²) in [5.41, 5.74) is 2.98. The predicted molar refractivity (Wildman–Crippen MR) is 146 cm³/mol. The van der Waals surface area contributed by atoms with Crippen molar-refractivity contribution in [2.24, 2.45) is 5.92 Å². The lowest BCUT2D eigenvalue weighted by molar-refractivity contribution is -0.167. The van der Waals surface area contributed by atoms with E-state index in [4.69, 9.17) is 9.47 Å². The number of nitrogens with zero attached hydrogens (tertiary/aromatic N) is 4. The van der Waals surface area contributed by atoms with Crippen LogP contribution in [0.1, 0.15) is 80.7 Å². The summed E-state index contributed by atoms with van der Waals surface area (Å²) in [4.78, 5) is 22.4. The number of aryl methyl sites for hydroxylation is 4. The smallest absolute Gasteiger partial charge is 0.338 e. The molecule has 1 aliphatic carbocycles. The zero-order chi connectivity index (χ0) is 27.7. The Balaban J connectivity index is 1.43. The summed E-state index contributed by atoms with van der Waals surface area (Å²) in [7, 11) is 0. The molecule has 208 valence electrons. The van der Waals surface area contributed by atoms with E-state index in [1.54, 1.807) is 10.6 Å². The summed E-state index contributed by atoms with van der Waals surface area (Å²) in [6.07, 6.45) is 6.31. The monoisotopic (exact) mass is 534 g/mol. The normalized spacial score (nSPS) is 20.2. The first-order valence-electron chi connectivity index (χ1n) is 14.0. The van der Waals surface area contributed by atoms with Crippen molar-refractivity contribution in [3.05, 3.63) is 57.9 Å². The molecule has 39 heavy (non-hydrogen) atoms. The Morgan fingerprint density at radius 1 is 1.10 bits per heavy atom. The number of aromatic hydroxyl groups is 1. The number of aromatic nitrogens is 4. The van der Waals surface area contributed by atoms with Crippen LogP contribution in [0.4, 0.5) is 0 Å². The minimum Gasteiger partial charge on any atom is -0.512 e. The summed E-state index contributed by atoms with van der Waals surface area (Å²) in [6.45, 7) is 8.23. The van der Waals surface area contributed by atoms with Crippen LogP contribution in [0.2, 0.25) is 0 Å². The van der Waals surface area contributed by atoms with Crippen molar-refractivity contribution in [3.8, 4) is 11.5 Å². The number of rotatable bonds is 9. The maximum atomic E-state index is 13.5. The molecule has 5 rings (SSSR count). The van der Waals surface area contributed by atoms with Gasteiger partial charge in [-0.05, 0) is 82.1 Å². The molecule has 0 radical (unpaired) electrons. The van der Waals surface area contributed by atoms with Gasteiger partial charge in [0.2, 0.25) is 0 Å². The van der Waals surface area contributed by atoms with Crippen LogP contribution in [0, 0.1) is 19.8 Å². The molecule has 0 saturated heterocycles. The first kappa shape index (κ1) is 27.0. The summed E-state index contributed by atoms with van der Waals surface area (Å²) >= 11 is 0. The number of carbonyl (C=O) groups is 1. The maximum Gasteiger partial charge on any atom is 0.338 e. The lowest BCUT2D eigenvalue weighted by Crippen LogP contribution is -2.46. The van der Waals surface area contributed by atoms with Gasteiger partial charge in [0.05, 0.1) is 12.2 Å². The molecule has 2 aromatic heterocycles. The molecule has 1 saturated carbocycles. The van der Waals surface area contributed by atoms with Crippen molar-refractivity contribution < 1.29 is 24.5 Å². The fourth-order valence-corrected chi connectivity index (χ4v) is 6.21. The molecule has 2 N–H and O–H groups in total. The van der Waals surface area contributed by atoms with Crippen molar-refractivity contribution in [1.29, 1.82) is 0 Å². The standard InChI is InChI=1S/C30H38N4O5/c1-5-20-14-21(26(38-6-2)16-24(20)35)11-12-30(22-9-7-8-10-22)17-25(36)23(28(37)39-30)15-27-32-29-31-18(3)13-19(4)34(29)33-27/h13-14,16,22,35-36H,5-12,15,17H2,1-4H3. The van der Waals surface area contributed by atoms with E-state index in [2.05, 4.69) is 15.1 Å². The highest BCUT2D eigenvalue weighted by atomic mass is 16.6. The van der Waals surface area contributed by atoms with Gasteiger partial charge in [0.25, 0.3) is 5.78 Å². The molecule has 0 spiro atoms. The fraction of sp³-hybridized carbons (Fsp3) is 0.533. The number of aliphatic hydroxyl groups excluding tert-OH is 1. The van der Waals surface area contributed by atoms with Gasteiger partial charge in [-0.3, -0.25) is 0 Å². The van der Waals surface area contributed by atoms with Gasteiger partial charge in [-0.25, -0.2) is 14.3 Å². The lowest BCUT2D eigenvalue weighted by Gasteiger charge is -2.42. The van der Waals surface area contributed by atoms with E-state index in [0.717, 1.165) is 48.2 Å². The molecule has 2 aliphatic rings. The number of carbonyl (C=O) groups excluding carboxylic acids is 1. The van der Waals surface area contributed by atoms with E-state index in [0.29, 0.717) is 43.2 Å². The molecule has 9 nitrogen and oxygen atoms in total. The van der Waals surface area contributed by atoms with E-state index in [1.165, 1.54) is 0 Å². The van der Waals surface area contributed by atoms with Crippen molar-refractivity contribution in [1.82, 2.24) is 19.6 Å². The van der Waals surface area contributed by atoms with Gasteiger partial charge in [-0.1, -0.05) is 19.8 Å². The highest BCUT2D eigenvalue weighted by molar-refractivity contribution is 5.90. The second-order valence-electron chi connectivity index (χ2n) is 10.9.